The van der Waals surface area contributed by atoms with Crippen molar-refractivity contribution < 1.29 is 15.0 Å². The van der Waals surface area contributed by atoms with E-state index in [1.165, 1.54) is 9.58 Å². The summed E-state index contributed by atoms with van der Waals surface area (Å²) in [6, 6.07) is 12.6. The zero-order chi connectivity index (χ0) is 21.5. The van der Waals surface area contributed by atoms with Gasteiger partial charge >= 0.3 is 6.09 Å². The second-order valence-corrected chi connectivity index (χ2v) is 6.74. The highest BCUT2D eigenvalue weighted by molar-refractivity contribution is 5.69. The third-order valence-electron chi connectivity index (χ3n) is 4.60. The van der Waals surface area contributed by atoms with Crippen LogP contribution >= 0.6 is 0 Å². The summed E-state index contributed by atoms with van der Waals surface area (Å²) in [7, 11) is 1.54. The molecule has 1 amide bonds. The topological polar surface area (TPSA) is 127 Å². The second kappa shape index (κ2) is 9.54. The van der Waals surface area contributed by atoms with Crippen molar-refractivity contribution in [2.24, 2.45) is 0 Å². The van der Waals surface area contributed by atoms with Gasteiger partial charge in [0.15, 0.2) is 5.82 Å². The first-order valence-corrected chi connectivity index (χ1v) is 9.37. The summed E-state index contributed by atoms with van der Waals surface area (Å²) in [6.45, 7) is 1.76. The fraction of sp³-hybridized carbons (Fsp3) is 0.238. The Labute approximate surface area is 173 Å². The third kappa shape index (κ3) is 4.92. The zero-order valence-electron chi connectivity index (χ0n) is 16.5. The molecule has 0 fully saturated rings. The molecule has 0 saturated carbocycles. The molecule has 0 atom stereocenters. The van der Waals surface area contributed by atoms with E-state index in [4.69, 9.17) is 10.4 Å². The Bertz CT molecular complexity index is 1040. The lowest BCUT2D eigenvalue weighted by Gasteiger charge is -2.12. The van der Waals surface area contributed by atoms with Crippen molar-refractivity contribution in [3.8, 4) is 28.9 Å². The van der Waals surface area contributed by atoms with Crippen LogP contribution in [0.15, 0.2) is 48.8 Å². The quantitative estimate of drug-likeness (QED) is 0.491. The van der Waals surface area contributed by atoms with Crippen LogP contribution in [0.25, 0.3) is 16.9 Å². The summed E-state index contributed by atoms with van der Waals surface area (Å²) in [4.78, 5) is 16.3. The van der Waals surface area contributed by atoms with Crippen molar-refractivity contribution in [1.82, 2.24) is 25.0 Å². The zero-order valence-corrected chi connectivity index (χ0v) is 16.5. The number of aromatic nitrogens is 3. The first-order chi connectivity index (χ1) is 14.5. The van der Waals surface area contributed by atoms with Gasteiger partial charge in [-0.2, -0.15) is 15.0 Å². The van der Waals surface area contributed by atoms with Crippen molar-refractivity contribution in [3.05, 3.63) is 59.9 Å². The molecule has 2 aromatic heterocycles. The predicted octanol–water partition coefficient (Wildman–Crippen LogP) is 2.60. The van der Waals surface area contributed by atoms with Gasteiger partial charge in [0.1, 0.15) is 0 Å². The van der Waals surface area contributed by atoms with Crippen molar-refractivity contribution in [1.29, 1.82) is 5.26 Å². The van der Waals surface area contributed by atoms with Gasteiger partial charge in [0.25, 0.3) is 0 Å². The molecule has 0 bridgehead atoms. The Kier molecular flexibility index (Phi) is 6.62. The Balaban J connectivity index is 1.59. The molecule has 0 unspecified atom stereocenters. The number of carbonyl (C=O) groups is 1. The highest BCUT2D eigenvalue weighted by Gasteiger charge is 2.14. The third-order valence-corrected chi connectivity index (χ3v) is 4.60. The minimum absolute atomic E-state index is 0.0272. The van der Waals surface area contributed by atoms with Gasteiger partial charge in [0, 0.05) is 26.3 Å². The van der Waals surface area contributed by atoms with Crippen LogP contribution in [0, 0.1) is 11.3 Å². The first kappa shape index (κ1) is 20.8. The molecular formula is C21H22N6O3. The normalized spacial score (nSPS) is 10.5. The number of nitrogens with one attached hydrogen (secondary N) is 1. The van der Waals surface area contributed by atoms with Crippen LogP contribution in [0.4, 0.5) is 4.79 Å². The highest BCUT2D eigenvalue weighted by atomic mass is 16.4. The average molecular weight is 406 g/mol. The molecule has 0 aliphatic heterocycles. The minimum Gasteiger partial charge on any atom is -0.493 e. The molecule has 1 aromatic carbocycles. The predicted molar refractivity (Wildman–Crippen MR) is 110 cm³/mol. The van der Waals surface area contributed by atoms with Gasteiger partial charge < -0.3 is 20.4 Å². The molecule has 0 aliphatic carbocycles. The number of hydrogen-bond acceptors (Lipinski definition) is 6. The van der Waals surface area contributed by atoms with Gasteiger partial charge in [-0.15, -0.1) is 0 Å². The summed E-state index contributed by atoms with van der Waals surface area (Å²) in [6.07, 6.45) is 3.04. The maximum Gasteiger partial charge on any atom is 0.407 e. The van der Waals surface area contributed by atoms with Gasteiger partial charge in [-0.1, -0.05) is 18.2 Å². The maximum absolute atomic E-state index is 10.7. The number of amides is 1. The SMILES string of the molecule is CN(CCCNCc1ccc(-n2ncc(-c3ccc(C#N)cc3)c2O)nc1)C(=O)O. The van der Waals surface area contributed by atoms with E-state index >= 15 is 0 Å². The van der Waals surface area contributed by atoms with Gasteiger partial charge in [-0.3, -0.25) is 0 Å². The van der Waals surface area contributed by atoms with E-state index in [1.807, 2.05) is 6.07 Å². The fourth-order valence-electron chi connectivity index (χ4n) is 2.85. The molecule has 30 heavy (non-hydrogen) atoms. The molecule has 0 saturated heterocycles. The molecule has 154 valence electrons. The smallest absolute Gasteiger partial charge is 0.407 e. The summed E-state index contributed by atoms with van der Waals surface area (Å²) < 4.78 is 1.35. The van der Waals surface area contributed by atoms with Crippen LogP contribution in [0.5, 0.6) is 5.88 Å². The van der Waals surface area contributed by atoms with Gasteiger partial charge in [-0.25, -0.2) is 9.78 Å². The molecule has 0 spiro atoms. The number of hydrogen-bond donors (Lipinski definition) is 3. The van der Waals surface area contributed by atoms with Crippen LogP contribution in [0.1, 0.15) is 17.5 Å². The summed E-state index contributed by atoms with van der Waals surface area (Å²) in [5.41, 5.74) is 2.82. The van der Waals surface area contributed by atoms with E-state index in [9.17, 15) is 9.90 Å². The monoisotopic (exact) mass is 406 g/mol. The Morgan fingerprint density at radius 3 is 2.63 bits per heavy atom. The van der Waals surface area contributed by atoms with Crippen LogP contribution < -0.4 is 5.32 Å². The number of pyridine rings is 1. The average Bonchev–Trinajstić information content (AvgIpc) is 3.15. The molecule has 9 heteroatoms. The van der Waals surface area contributed by atoms with Gasteiger partial charge in [-0.05, 0) is 42.3 Å². The largest absolute Gasteiger partial charge is 0.493 e. The van der Waals surface area contributed by atoms with Crippen LogP contribution in [-0.2, 0) is 6.54 Å². The molecule has 3 aromatic rings. The van der Waals surface area contributed by atoms with Crippen molar-refractivity contribution in [2.75, 3.05) is 20.1 Å². The van der Waals surface area contributed by atoms with E-state index in [-0.39, 0.29) is 5.88 Å². The number of carboxylic acid groups (broad SMARTS) is 1. The first-order valence-electron chi connectivity index (χ1n) is 9.37. The molecule has 0 aliphatic rings. The van der Waals surface area contributed by atoms with Crippen LogP contribution in [-0.4, -0.2) is 56.1 Å². The van der Waals surface area contributed by atoms with Crippen molar-refractivity contribution >= 4 is 6.09 Å². The van der Waals surface area contributed by atoms with Crippen molar-refractivity contribution in [2.45, 2.75) is 13.0 Å². The fourth-order valence-corrected chi connectivity index (χ4v) is 2.85. The molecule has 0 radical (unpaired) electrons. The number of benzene rings is 1. The summed E-state index contributed by atoms with van der Waals surface area (Å²) in [5.74, 6) is 0.458. The van der Waals surface area contributed by atoms with E-state index in [0.29, 0.717) is 43.0 Å². The summed E-state index contributed by atoms with van der Waals surface area (Å²) in [5, 5.41) is 35.7. The number of rotatable bonds is 8. The molecule has 3 N–H and O–H groups in total. The van der Waals surface area contributed by atoms with Gasteiger partial charge in [0.05, 0.1) is 23.4 Å². The van der Waals surface area contributed by atoms with E-state index in [1.54, 1.807) is 49.8 Å². The number of nitriles is 1. The summed E-state index contributed by atoms with van der Waals surface area (Å²) >= 11 is 0. The van der Waals surface area contributed by atoms with E-state index in [2.05, 4.69) is 21.5 Å². The number of nitrogens with zero attached hydrogens (tertiary/aromatic N) is 5. The van der Waals surface area contributed by atoms with Gasteiger partial charge in [0.2, 0.25) is 5.88 Å². The number of aromatic hydroxyl groups is 1. The Hall–Kier alpha value is -3.90. The highest BCUT2D eigenvalue weighted by Crippen LogP contribution is 2.30. The van der Waals surface area contributed by atoms with Crippen LogP contribution in [0.2, 0.25) is 0 Å². The molecule has 9 nitrogen and oxygen atoms in total. The van der Waals surface area contributed by atoms with Crippen LogP contribution in [0.3, 0.4) is 0 Å². The lowest BCUT2D eigenvalue weighted by atomic mass is 10.1. The molecular weight excluding hydrogens is 384 g/mol. The van der Waals surface area contributed by atoms with E-state index < -0.39 is 6.09 Å². The second-order valence-electron chi connectivity index (χ2n) is 6.74. The minimum atomic E-state index is -0.931. The van der Waals surface area contributed by atoms with E-state index in [0.717, 1.165) is 11.1 Å². The Morgan fingerprint density at radius 1 is 1.23 bits per heavy atom. The molecule has 3 rings (SSSR count). The maximum atomic E-state index is 10.7. The molecule has 2 heterocycles. The lowest BCUT2D eigenvalue weighted by molar-refractivity contribution is 0.155. The Morgan fingerprint density at radius 2 is 2.00 bits per heavy atom. The lowest BCUT2D eigenvalue weighted by Crippen LogP contribution is -2.28. The van der Waals surface area contributed by atoms with Crippen molar-refractivity contribution in [3.63, 3.8) is 0 Å². The standard InChI is InChI=1S/C21H22N6O3/c1-26(21(29)30)10-2-9-23-12-16-5-8-19(24-13-16)27-20(28)18(14-25-27)17-6-3-15(11-22)4-7-17/h3-8,13-14,23,28H,2,9-10,12H2,1H3,(H,29,30).